The third-order valence-corrected chi connectivity index (χ3v) is 3.62. The van der Waals surface area contributed by atoms with E-state index < -0.39 is 11.8 Å². The molecule has 0 radical (unpaired) electrons. The van der Waals surface area contributed by atoms with Gasteiger partial charge in [0.2, 0.25) is 0 Å². The number of carbonyl (C=O) groups is 1. The van der Waals surface area contributed by atoms with Crippen LogP contribution in [0.4, 0.5) is 4.39 Å². The SMILES string of the molecule is N#Cc1ccc(F)c(COC(=O)c2cc3ccccc3cc2O)c1. The minimum Gasteiger partial charge on any atom is -0.507 e. The van der Waals surface area contributed by atoms with E-state index in [1.807, 2.05) is 30.3 Å². The van der Waals surface area contributed by atoms with Crippen LogP contribution in [-0.2, 0) is 11.3 Å². The van der Waals surface area contributed by atoms with Crippen LogP contribution in [0.1, 0.15) is 21.5 Å². The lowest BCUT2D eigenvalue weighted by molar-refractivity contribution is 0.0466. The van der Waals surface area contributed by atoms with E-state index in [0.29, 0.717) is 0 Å². The predicted octanol–water partition coefficient (Wildman–Crippen LogP) is 3.91. The Morgan fingerprint density at radius 2 is 1.83 bits per heavy atom. The van der Waals surface area contributed by atoms with Crippen LogP contribution in [0, 0.1) is 17.1 Å². The number of halogens is 1. The molecule has 0 saturated heterocycles. The molecule has 0 unspecified atom stereocenters. The predicted molar refractivity (Wildman–Crippen MR) is 85.8 cm³/mol. The highest BCUT2D eigenvalue weighted by Crippen LogP contribution is 2.26. The second-order valence-corrected chi connectivity index (χ2v) is 5.21. The number of nitriles is 1. The van der Waals surface area contributed by atoms with Crippen molar-refractivity contribution in [3.8, 4) is 11.8 Å². The van der Waals surface area contributed by atoms with Crippen LogP contribution in [0.5, 0.6) is 5.75 Å². The van der Waals surface area contributed by atoms with Gasteiger partial charge in [-0.25, -0.2) is 9.18 Å². The lowest BCUT2D eigenvalue weighted by atomic mass is 10.1. The first-order chi connectivity index (χ1) is 11.6. The maximum atomic E-state index is 13.7. The Labute approximate surface area is 137 Å². The highest BCUT2D eigenvalue weighted by Gasteiger charge is 2.15. The Bertz CT molecular complexity index is 976. The minimum absolute atomic E-state index is 0.00514. The zero-order valence-electron chi connectivity index (χ0n) is 12.5. The molecule has 0 aliphatic carbocycles. The normalized spacial score (nSPS) is 10.3. The summed E-state index contributed by atoms with van der Waals surface area (Å²) in [4.78, 5) is 12.2. The van der Waals surface area contributed by atoms with Crippen LogP contribution in [0.2, 0.25) is 0 Å². The summed E-state index contributed by atoms with van der Waals surface area (Å²) in [5.74, 6) is -1.53. The number of phenolic OH excluding ortho intramolecular Hbond substituents is 1. The first kappa shape index (κ1) is 15.5. The van der Waals surface area contributed by atoms with E-state index >= 15 is 0 Å². The van der Waals surface area contributed by atoms with Gasteiger partial charge in [0.1, 0.15) is 23.7 Å². The maximum absolute atomic E-state index is 13.7. The Hall–Kier alpha value is -3.39. The van der Waals surface area contributed by atoms with Crippen molar-refractivity contribution >= 4 is 16.7 Å². The van der Waals surface area contributed by atoms with E-state index in [0.717, 1.165) is 16.8 Å². The van der Waals surface area contributed by atoms with Crippen LogP contribution >= 0.6 is 0 Å². The van der Waals surface area contributed by atoms with Crippen molar-refractivity contribution < 1.29 is 19.0 Å². The minimum atomic E-state index is -0.764. The molecule has 5 heteroatoms. The first-order valence-electron chi connectivity index (χ1n) is 7.16. The molecule has 0 saturated carbocycles. The lowest BCUT2D eigenvalue weighted by Gasteiger charge is -2.09. The van der Waals surface area contributed by atoms with Crippen molar-refractivity contribution in [1.82, 2.24) is 0 Å². The number of esters is 1. The van der Waals surface area contributed by atoms with Gasteiger partial charge in [0, 0.05) is 5.56 Å². The van der Waals surface area contributed by atoms with Gasteiger partial charge in [0.25, 0.3) is 0 Å². The highest BCUT2D eigenvalue weighted by atomic mass is 19.1. The molecule has 0 aliphatic rings. The maximum Gasteiger partial charge on any atom is 0.342 e. The summed E-state index contributed by atoms with van der Waals surface area (Å²) < 4.78 is 18.8. The average Bonchev–Trinajstić information content (AvgIpc) is 2.60. The molecule has 1 N–H and O–H groups in total. The van der Waals surface area contributed by atoms with Crippen LogP contribution < -0.4 is 0 Å². The smallest absolute Gasteiger partial charge is 0.342 e. The zero-order valence-corrected chi connectivity index (χ0v) is 12.5. The molecule has 0 fully saturated rings. The number of carbonyl (C=O) groups excluding carboxylic acids is 1. The van der Waals surface area contributed by atoms with Crippen molar-refractivity contribution in [3.63, 3.8) is 0 Å². The summed E-state index contributed by atoms with van der Waals surface area (Å²) in [6.45, 7) is -0.327. The summed E-state index contributed by atoms with van der Waals surface area (Å²) in [5, 5.41) is 20.4. The Morgan fingerprint density at radius 3 is 2.54 bits per heavy atom. The first-order valence-corrected chi connectivity index (χ1v) is 7.16. The summed E-state index contributed by atoms with van der Waals surface area (Å²) >= 11 is 0. The second kappa shape index (κ2) is 6.39. The van der Waals surface area contributed by atoms with Crippen molar-refractivity contribution in [2.24, 2.45) is 0 Å². The van der Waals surface area contributed by atoms with Crippen LogP contribution in [0.25, 0.3) is 10.8 Å². The van der Waals surface area contributed by atoms with Gasteiger partial charge in [-0.2, -0.15) is 5.26 Å². The fraction of sp³-hybridized carbons (Fsp3) is 0.0526. The summed E-state index contributed by atoms with van der Waals surface area (Å²) in [7, 11) is 0. The summed E-state index contributed by atoms with van der Waals surface area (Å²) in [6, 6.07) is 16.0. The zero-order chi connectivity index (χ0) is 17.1. The molecular formula is C19H12FNO3. The standard InChI is InChI=1S/C19H12FNO3/c20-17-6-5-12(10-21)7-15(17)11-24-19(23)16-8-13-3-1-2-4-14(13)9-18(16)22/h1-9,22H,11H2. The quantitative estimate of drug-likeness (QED) is 0.742. The number of fused-ring (bicyclic) bond motifs is 1. The highest BCUT2D eigenvalue weighted by molar-refractivity contribution is 5.98. The van der Waals surface area contributed by atoms with E-state index in [-0.39, 0.29) is 29.0 Å². The van der Waals surface area contributed by atoms with E-state index in [1.54, 1.807) is 0 Å². The molecule has 0 aliphatic heterocycles. The summed E-state index contributed by atoms with van der Waals surface area (Å²) in [6.07, 6.45) is 0. The monoisotopic (exact) mass is 321 g/mol. The number of aromatic hydroxyl groups is 1. The number of hydrogen-bond acceptors (Lipinski definition) is 4. The molecule has 118 valence electrons. The number of ether oxygens (including phenoxy) is 1. The second-order valence-electron chi connectivity index (χ2n) is 5.21. The third kappa shape index (κ3) is 3.03. The fourth-order valence-corrected chi connectivity index (χ4v) is 2.37. The van der Waals surface area contributed by atoms with Crippen molar-refractivity contribution in [2.45, 2.75) is 6.61 Å². The molecule has 0 spiro atoms. The average molecular weight is 321 g/mol. The van der Waals surface area contributed by atoms with E-state index in [1.165, 1.54) is 24.3 Å². The molecular weight excluding hydrogens is 309 g/mol. The van der Waals surface area contributed by atoms with Gasteiger partial charge in [-0.1, -0.05) is 24.3 Å². The molecule has 0 atom stereocenters. The van der Waals surface area contributed by atoms with Crippen LogP contribution in [0.3, 0.4) is 0 Å². The topological polar surface area (TPSA) is 70.3 Å². The van der Waals surface area contributed by atoms with Gasteiger partial charge < -0.3 is 9.84 Å². The summed E-state index contributed by atoms with van der Waals surface area (Å²) in [5.41, 5.74) is 0.379. The Morgan fingerprint density at radius 1 is 1.12 bits per heavy atom. The molecule has 3 aromatic carbocycles. The van der Waals surface area contributed by atoms with Crippen LogP contribution in [0.15, 0.2) is 54.6 Å². The van der Waals surface area contributed by atoms with Gasteiger partial charge in [-0.3, -0.25) is 0 Å². The Kier molecular flexibility index (Phi) is 4.13. The molecule has 4 nitrogen and oxygen atoms in total. The number of hydrogen-bond donors (Lipinski definition) is 1. The van der Waals surface area contributed by atoms with Crippen molar-refractivity contribution in [1.29, 1.82) is 5.26 Å². The van der Waals surface area contributed by atoms with Gasteiger partial charge >= 0.3 is 5.97 Å². The number of rotatable bonds is 3. The van der Waals surface area contributed by atoms with Crippen molar-refractivity contribution in [2.75, 3.05) is 0 Å². The molecule has 3 aromatic rings. The fourth-order valence-electron chi connectivity index (χ4n) is 2.37. The van der Waals surface area contributed by atoms with E-state index in [4.69, 9.17) is 10.00 Å². The van der Waals surface area contributed by atoms with Gasteiger partial charge in [-0.05, 0) is 41.1 Å². The molecule has 0 bridgehead atoms. The van der Waals surface area contributed by atoms with Gasteiger partial charge in [0.15, 0.2) is 0 Å². The molecule has 24 heavy (non-hydrogen) atoms. The van der Waals surface area contributed by atoms with Crippen LogP contribution in [-0.4, -0.2) is 11.1 Å². The number of phenols is 1. The van der Waals surface area contributed by atoms with Gasteiger partial charge in [0.05, 0.1) is 11.6 Å². The molecule has 3 rings (SSSR count). The Balaban J connectivity index is 1.83. The molecule has 0 amide bonds. The van der Waals surface area contributed by atoms with E-state index in [9.17, 15) is 14.3 Å². The van der Waals surface area contributed by atoms with Crippen molar-refractivity contribution in [3.05, 3.63) is 77.1 Å². The number of nitrogens with zero attached hydrogens (tertiary/aromatic N) is 1. The largest absolute Gasteiger partial charge is 0.507 e. The lowest BCUT2D eigenvalue weighted by Crippen LogP contribution is -2.07. The van der Waals surface area contributed by atoms with E-state index in [2.05, 4.69) is 0 Å². The number of benzene rings is 3. The van der Waals surface area contributed by atoms with Gasteiger partial charge in [-0.15, -0.1) is 0 Å². The third-order valence-electron chi connectivity index (χ3n) is 3.62. The molecule has 0 aromatic heterocycles. The molecule has 0 heterocycles.